The highest BCUT2D eigenvalue weighted by Crippen LogP contribution is 2.47. The third-order valence-electron chi connectivity index (χ3n) is 6.26. The summed E-state index contributed by atoms with van der Waals surface area (Å²) in [6.45, 7) is 0.705. The molecule has 9 heteroatoms. The van der Waals surface area contributed by atoms with Crippen LogP contribution in [-0.4, -0.2) is 48.9 Å². The Kier molecular flexibility index (Phi) is 8.41. The van der Waals surface area contributed by atoms with Gasteiger partial charge in [0.05, 0.1) is 25.0 Å². The molecule has 8 nitrogen and oxygen atoms in total. The van der Waals surface area contributed by atoms with Gasteiger partial charge in [-0.25, -0.2) is 4.79 Å². The first-order valence-corrected chi connectivity index (χ1v) is 13.5. The van der Waals surface area contributed by atoms with Gasteiger partial charge < -0.3 is 24.2 Å². The molecule has 1 aliphatic heterocycles. The van der Waals surface area contributed by atoms with Gasteiger partial charge >= 0.3 is 12.1 Å². The topological polar surface area (TPSA) is 88.5 Å². The van der Waals surface area contributed by atoms with E-state index in [1.54, 1.807) is 36.0 Å². The van der Waals surface area contributed by atoms with Crippen molar-refractivity contribution >= 4 is 35.2 Å². The van der Waals surface area contributed by atoms with Crippen molar-refractivity contribution in [3.8, 4) is 17.2 Å². The molecular formula is C31H28N2O6S. The lowest BCUT2D eigenvalue weighted by Gasteiger charge is -2.32. The number of anilines is 2. The molecule has 1 N–H and O–H groups in total. The number of hydrogen-bond donors (Lipinski definition) is 1. The second-order valence-electron chi connectivity index (χ2n) is 8.97. The first-order chi connectivity index (χ1) is 19.5. The first-order valence-electron chi connectivity index (χ1n) is 12.7. The first kappa shape index (κ1) is 27.0. The largest absolute Gasteiger partial charge is 0.497 e. The summed E-state index contributed by atoms with van der Waals surface area (Å²) in [7, 11) is 1.54. The molecule has 0 fully saturated rings. The third kappa shape index (κ3) is 6.50. The van der Waals surface area contributed by atoms with Crippen LogP contribution < -0.4 is 19.1 Å². The summed E-state index contributed by atoms with van der Waals surface area (Å²) in [5.41, 5.74) is 3.06. The molecule has 0 bridgehead atoms. The molecule has 1 heterocycles. The normalized spacial score (nSPS) is 11.7. The number of carboxylic acid groups (broad SMARTS) is 1. The number of fused-ring (bicyclic) bond motifs is 2. The standard InChI is InChI=1S/C31H28N2O6S/c1-37-23-14-16-25(17-15-23)39-31(36)32(21-30(34)35)20-22-10-12-24(13-11-22)38-19-18-33-26-6-2-4-8-28(26)40-29-9-5-3-7-27(29)33/h2-17H,18-21H2,1H3,(H,34,35). The fraction of sp³-hybridized carbons (Fsp3) is 0.161. The van der Waals surface area contributed by atoms with Crippen molar-refractivity contribution in [2.24, 2.45) is 0 Å². The van der Waals surface area contributed by atoms with Crippen LogP contribution in [0.25, 0.3) is 0 Å². The zero-order valence-corrected chi connectivity index (χ0v) is 22.7. The average molecular weight is 557 g/mol. The van der Waals surface area contributed by atoms with Gasteiger partial charge in [0.15, 0.2) is 0 Å². The maximum absolute atomic E-state index is 12.7. The lowest BCUT2D eigenvalue weighted by atomic mass is 10.2. The number of methoxy groups -OCH3 is 1. The van der Waals surface area contributed by atoms with E-state index in [4.69, 9.17) is 14.2 Å². The van der Waals surface area contributed by atoms with Crippen LogP contribution in [0.1, 0.15) is 5.56 Å². The zero-order valence-electron chi connectivity index (χ0n) is 21.9. The van der Waals surface area contributed by atoms with E-state index in [-0.39, 0.29) is 6.54 Å². The Morgan fingerprint density at radius 2 is 1.38 bits per heavy atom. The number of carbonyl (C=O) groups is 2. The highest BCUT2D eigenvalue weighted by atomic mass is 32.2. The van der Waals surface area contributed by atoms with Crippen molar-refractivity contribution in [3.05, 3.63) is 103 Å². The third-order valence-corrected chi connectivity index (χ3v) is 7.39. The van der Waals surface area contributed by atoms with Crippen LogP contribution in [0.4, 0.5) is 16.2 Å². The van der Waals surface area contributed by atoms with Crippen molar-refractivity contribution in [1.82, 2.24) is 4.90 Å². The van der Waals surface area contributed by atoms with Crippen molar-refractivity contribution < 1.29 is 28.9 Å². The molecule has 1 amide bonds. The van der Waals surface area contributed by atoms with Gasteiger partial charge in [0, 0.05) is 16.3 Å². The number of rotatable bonds is 10. The molecule has 5 rings (SSSR count). The van der Waals surface area contributed by atoms with Gasteiger partial charge in [-0.2, -0.15) is 0 Å². The van der Waals surface area contributed by atoms with Gasteiger partial charge in [-0.1, -0.05) is 48.2 Å². The number of benzene rings is 4. The minimum atomic E-state index is -1.13. The Labute approximate surface area is 236 Å². The molecule has 1 aliphatic rings. The molecule has 204 valence electrons. The van der Waals surface area contributed by atoms with Gasteiger partial charge in [0.1, 0.15) is 30.4 Å². The summed E-state index contributed by atoms with van der Waals surface area (Å²) < 4.78 is 16.5. The number of para-hydroxylation sites is 2. The molecule has 0 radical (unpaired) electrons. The molecule has 40 heavy (non-hydrogen) atoms. The predicted molar refractivity (Wildman–Crippen MR) is 153 cm³/mol. The van der Waals surface area contributed by atoms with Crippen LogP contribution in [0.15, 0.2) is 107 Å². The number of aliphatic carboxylic acids is 1. The van der Waals surface area contributed by atoms with Crippen molar-refractivity contribution in [2.75, 3.05) is 31.7 Å². The van der Waals surface area contributed by atoms with E-state index in [1.165, 1.54) is 16.9 Å². The molecule has 0 unspecified atom stereocenters. The van der Waals surface area contributed by atoms with Crippen LogP contribution in [0.5, 0.6) is 17.2 Å². The van der Waals surface area contributed by atoms with E-state index in [0.717, 1.165) is 21.8 Å². The molecule has 0 spiro atoms. The van der Waals surface area contributed by atoms with Crippen molar-refractivity contribution in [3.63, 3.8) is 0 Å². The van der Waals surface area contributed by atoms with Gasteiger partial charge in [-0.05, 0) is 66.2 Å². The number of nitrogens with zero attached hydrogens (tertiary/aromatic N) is 2. The van der Waals surface area contributed by atoms with E-state index in [9.17, 15) is 14.7 Å². The Morgan fingerprint density at radius 3 is 1.98 bits per heavy atom. The fourth-order valence-electron chi connectivity index (χ4n) is 4.35. The number of hydrogen-bond acceptors (Lipinski definition) is 7. The minimum Gasteiger partial charge on any atom is -0.497 e. The maximum Gasteiger partial charge on any atom is 0.416 e. The van der Waals surface area contributed by atoms with E-state index in [0.29, 0.717) is 30.4 Å². The van der Waals surface area contributed by atoms with Gasteiger partial charge in [0.25, 0.3) is 0 Å². The molecule has 4 aromatic carbocycles. The Balaban J connectivity index is 1.20. The summed E-state index contributed by atoms with van der Waals surface area (Å²) in [6, 6.07) is 30.4. The summed E-state index contributed by atoms with van der Waals surface area (Å²) in [5, 5.41) is 9.33. The Hall–Kier alpha value is -4.63. The molecule has 0 saturated heterocycles. The smallest absolute Gasteiger partial charge is 0.416 e. The van der Waals surface area contributed by atoms with Crippen LogP contribution >= 0.6 is 11.8 Å². The zero-order chi connectivity index (χ0) is 27.9. The monoisotopic (exact) mass is 556 g/mol. The van der Waals surface area contributed by atoms with Crippen LogP contribution in [-0.2, 0) is 11.3 Å². The Bertz CT molecular complexity index is 1430. The van der Waals surface area contributed by atoms with Gasteiger partial charge in [0.2, 0.25) is 0 Å². The summed E-state index contributed by atoms with van der Waals surface area (Å²) in [5.74, 6) is 0.463. The molecular weight excluding hydrogens is 528 g/mol. The SMILES string of the molecule is COc1ccc(OC(=O)N(CC(=O)O)Cc2ccc(OCCN3c4ccccc4Sc4ccccc43)cc2)cc1. The van der Waals surface area contributed by atoms with E-state index < -0.39 is 18.6 Å². The van der Waals surface area contributed by atoms with Gasteiger partial charge in [-0.15, -0.1) is 0 Å². The maximum atomic E-state index is 12.7. The lowest BCUT2D eigenvalue weighted by Crippen LogP contribution is -2.37. The minimum absolute atomic E-state index is 0.0700. The second-order valence-corrected chi connectivity index (χ2v) is 10.1. The molecule has 4 aromatic rings. The average Bonchev–Trinajstić information content (AvgIpc) is 2.97. The summed E-state index contributed by atoms with van der Waals surface area (Å²) >= 11 is 1.77. The fourth-order valence-corrected chi connectivity index (χ4v) is 5.44. The summed E-state index contributed by atoms with van der Waals surface area (Å²) in [4.78, 5) is 29.9. The van der Waals surface area contributed by atoms with Crippen LogP contribution in [0.3, 0.4) is 0 Å². The van der Waals surface area contributed by atoms with E-state index in [2.05, 4.69) is 29.2 Å². The van der Waals surface area contributed by atoms with Crippen molar-refractivity contribution in [1.29, 1.82) is 0 Å². The number of carbonyl (C=O) groups excluding carboxylic acids is 1. The number of carboxylic acids is 1. The molecule has 0 aliphatic carbocycles. The molecule has 0 saturated carbocycles. The summed E-state index contributed by atoms with van der Waals surface area (Å²) in [6.07, 6.45) is -0.756. The Morgan fingerprint density at radius 1 is 0.800 bits per heavy atom. The molecule has 0 aromatic heterocycles. The molecule has 0 atom stereocenters. The van der Waals surface area contributed by atoms with Gasteiger partial charge in [-0.3, -0.25) is 9.69 Å². The highest BCUT2D eigenvalue weighted by Gasteiger charge is 2.23. The predicted octanol–water partition coefficient (Wildman–Crippen LogP) is 6.46. The highest BCUT2D eigenvalue weighted by molar-refractivity contribution is 7.99. The van der Waals surface area contributed by atoms with Crippen LogP contribution in [0.2, 0.25) is 0 Å². The number of ether oxygens (including phenoxy) is 3. The quantitative estimate of drug-likeness (QED) is 0.238. The number of amides is 1. The van der Waals surface area contributed by atoms with Crippen molar-refractivity contribution in [2.45, 2.75) is 16.3 Å². The second kappa shape index (κ2) is 12.5. The lowest BCUT2D eigenvalue weighted by molar-refractivity contribution is -0.138. The van der Waals surface area contributed by atoms with Crippen LogP contribution in [0, 0.1) is 0 Å². The van der Waals surface area contributed by atoms with E-state index in [1.807, 2.05) is 48.5 Å². The van der Waals surface area contributed by atoms with E-state index >= 15 is 0 Å².